The number of thioether (sulfide) groups is 1. The van der Waals surface area contributed by atoms with Gasteiger partial charge >= 0.3 is 0 Å². The molecule has 0 amide bonds. The molecule has 2 nitrogen and oxygen atoms in total. The van der Waals surface area contributed by atoms with Crippen molar-refractivity contribution in [3.8, 4) is 5.75 Å². The zero-order chi connectivity index (χ0) is 12.4. The number of ether oxygens (including phenoxy) is 1. The molecule has 0 spiro atoms. The minimum absolute atomic E-state index is 0.0816. The SMILES string of the molecule is NC1(c2ccc(OC3CCSC3)cc2)CCCC1. The Morgan fingerprint density at radius 2 is 1.89 bits per heavy atom. The van der Waals surface area contributed by atoms with Gasteiger partial charge in [0.05, 0.1) is 0 Å². The molecule has 2 fully saturated rings. The summed E-state index contributed by atoms with van der Waals surface area (Å²) in [7, 11) is 0. The third kappa shape index (κ3) is 2.52. The van der Waals surface area contributed by atoms with Gasteiger partial charge in [0.15, 0.2) is 0 Å². The van der Waals surface area contributed by atoms with Crippen LogP contribution in [0, 0.1) is 0 Å². The molecule has 98 valence electrons. The third-order valence-corrected chi connectivity index (χ3v) is 5.25. The average molecular weight is 263 g/mol. The summed E-state index contributed by atoms with van der Waals surface area (Å²) in [6, 6.07) is 8.49. The fraction of sp³-hybridized carbons (Fsp3) is 0.600. The highest BCUT2D eigenvalue weighted by Gasteiger charge is 2.31. The van der Waals surface area contributed by atoms with E-state index in [1.807, 2.05) is 11.8 Å². The first-order chi connectivity index (χ1) is 8.76. The molecule has 1 atom stereocenters. The van der Waals surface area contributed by atoms with Crippen molar-refractivity contribution in [2.45, 2.75) is 43.7 Å². The molecule has 1 heterocycles. The number of hydrogen-bond donors (Lipinski definition) is 1. The van der Waals surface area contributed by atoms with Gasteiger partial charge in [-0.1, -0.05) is 25.0 Å². The lowest BCUT2D eigenvalue weighted by Gasteiger charge is -2.24. The van der Waals surface area contributed by atoms with Crippen LogP contribution in [-0.4, -0.2) is 17.6 Å². The largest absolute Gasteiger partial charge is 0.490 e. The van der Waals surface area contributed by atoms with Crippen molar-refractivity contribution < 1.29 is 4.74 Å². The van der Waals surface area contributed by atoms with E-state index >= 15 is 0 Å². The fourth-order valence-electron chi connectivity index (χ4n) is 2.96. The van der Waals surface area contributed by atoms with E-state index in [0.717, 1.165) is 24.3 Å². The van der Waals surface area contributed by atoms with Crippen LogP contribution in [0.4, 0.5) is 0 Å². The lowest BCUT2D eigenvalue weighted by atomic mass is 9.89. The van der Waals surface area contributed by atoms with Crippen molar-refractivity contribution in [3.05, 3.63) is 29.8 Å². The van der Waals surface area contributed by atoms with Gasteiger partial charge in [0, 0.05) is 11.3 Å². The van der Waals surface area contributed by atoms with Gasteiger partial charge in [-0.25, -0.2) is 0 Å². The Morgan fingerprint density at radius 1 is 1.17 bits per heavy atom. The van der Waals surface area contributed by atoms with Gasteiger partial charge in [-0.3, -0.25) is 0 Å². The van der Waals surface area contributed by atoms with Crippen LogP contribution in [-0.2, 0) is 5.54 Å². The first kappa shape index (κ1) is 12.4. The van der Waals surface area contributed by atoms with E-state index in [4.69, 9.17) is 10.5 Å². The summed E-state index contributed by atoms with van der Waals surface area (Å²) in [6.45, 7) is 0. The quantitative estimate of drug-likeness (QED) is 0.909. The van der Waals surface area contributed by atoms with Crippen LogP contribution >= 0.6 is 11.8 Å². The standard InChI is InChI=1S/C15H21NOS/c16-15(8-1-2-9-15)12-3-5-13(6-4-12)17-14-7-10-18-11-14/h3-6,14H,1-2,7-11,16H2. The summed E-state index contributed by atoms with van der Waals surface area (Å²) in [5.41, 5.74) is 7.64. The molecule has 1 aromatic rings. The predicted octanol–water partition coefficient (Wildman–Crippen LogP) is 3.30. The maximum atomic E-state index is 6.45. The molecule has 1 aliphatic heterocycles. The van der Waals surface area contributed by atoms with Crippen molar-refractivity contribution in [2.24, 2.45) is 5.73 Å². The first-order valence-corrected chi connectivity index (χ1v) is 8.06. The topological polar surface area (TPSA) is 35.2 Å². The number of rotatable bonds is 3. The Bertz CT molecular complexity index is 391. The third-order valence-electron chi connectivity index (χ3n) is 4.12. The van der Waals surface area contributed by atoms with Crippen LogP contribution in [0.25, 0.3) is 0 Å². The molecule has 1 aliphatic carbocycles. The minimum Gasteiger partial charge on any atom is -0.490 e. The van der Waals surface area contributed by atoms with Gasteiger partial charge < -0.3 is 10.5 Å². The number of benzene rings is 1. The van der Waals surface area contributed by atoms with Crippen LogP contribution in [0.2, 0.25) is 0 Å². The maximum Gasteiger partial charge on any atom is 0.119 e. The summed E-state index contributed by atoms with van der Waals surface area (Å²) in [5.74, 6) is 3.35. The molecule has 18 heavy (non-hydrogen) atoms. The van der Waals surface area contributed by atoms with E-state index in [1.165, 1.54) is 30.6 Å². The van der Waals surface area contributed by atoms with Crippen molar-refractivity contribution in [2.75, 3.05) is 11.5 Å². The highest BCUT2D eigenvalue weighted by Crippen LogP contribution is 2.36. The van der Waals surface area contributed by atoms with Crippen LogP contribution < -0.4 is 10.5 Å². The van der Waals surface area contributed by atoms with E-state index in [0.29, 0.717) is 6.10 Å². The van der Waals surface area contributed by atoms with E-state index < -0.39 is 0 Å². The maximum absolute atomic E-state index is 6.45. The van der Waals surface area contributed by atoms with Gasteiger partial charge in [0.1, 0.15) is 11.9 Å². The molecule has 1 saturated carbocycles. The van der Waals surface area contributed by atoms with Crippen molar-refractivity contribution >= 4 is 11.8 Å². The Hall–Kier alpha value is -0.670. The van der Waals surface area contributed by atoms with Crippen LogP contribution in [0.3, 0.4) is 0 Å². The normalized spacial score (nSPS) is 26.4. The molecule has 2 aliphatic rings. The lowest BCUT2D eigenvalue weighted by Crippen LogP contribution is -2.32. The van der Waals surface area contributed by atoms with Crippen LogP contribution in [0.5, 0.6) is 5.75 Å². The molecule has 1 unspecified atom stereocenters. The molecule has 2 N–H and O–H groups in total. The second-order valence-electron chi connectivity index (χ2n) is 5.49. The molecule has 1 saturated heterocycles. The zero-order valence-electron chi connectivity index (χ0n) is 10.7. The fourth-order valence-corrected chi connectivity index (χ4v) is 4.05. The number of nitrogens with two attached hydrogens (primary N) is 1. The Morgan fingerprint density at radius 3 is 2.50 bits per heavy atom. The lowest BCUT2D eigenvalue weighted by molar-refractivity contribution is 0.229. The smallest absolute Gasteiger partial charge is 0.119 e. The summed E-state index contributed by atoms with van der Waals surface area (Å²) >= 11 is 1.98. The van der Waals surface area contributed by atoms with Crippen molar-refractivity contribution in [3.63, 3.8) is 0 Å². The van der Waals surface area contributed by atoms with Gasteiger partial charge in [0.25, 0.3) is 0 Å². The van der Waals surface area contributed by atoms with Crippen LogP contribution in [0.15, 0.2) is 24.3 Å². The van der Waals surface area contributed by atoms with Crippen molar-refractivity contribution in [1.29, 1.82) is 0 Å². The molecular weight excluding hydrogens is 242 g/mol. The molecule has 0 radical (unpaired) electrons. The van der Waals surface area contributed by atoms with E-state index in [9.17, 15) is 0 Å². The summed E-state index contributed by atoms with van der Waals surface area (Å²) < 4.78 is 5.96. The molecule has 3 heteroatoms. The Labute approximate surface area is 113 Å². The predicted molar refractivity (Wildman–Crippen MR) is 77.1 cm³/mol. The average Bonchev–Trinajstić information content (AvgIpc) is 3.03. The highest BCUT2D eigenvalue weighted by atomic mass is 32.2. The van der Waals surface area contributed by atoms with Crippen LogP contribution in [0.1, 0.15) is 37.7 Å². The highest BCUT2D eigenvalue weighted by molar-refractivity contribution is 7.99. The van der Waals surface area contributed by atoms with E-state index in [1.54, 1.807) is 0 Å². The summed E-state index contributed by atoms with van der Waals surface area (Å²) in [5, 5.41) is 0. The molecule has 3 rings (SSSR count). The molecule has 1 aromatic carbocycles. The summed E-state index contributed by atoms with van der Waals surface area (Å²) in [4.78, 5) is 0. The summed E-state index contributed by atoms with van der Waals surface area (Å²) in [6.07, 6.45) is 6.33. The molecular formula is C15H21NOS. The second kappa shape index (κ2) is 5.14. The zero-order valence-corrected chi connectivity index (χ0v) is 11.5. The van der Waals surface area contributed by atoms with Gasteiger partial charge in [-0.2, -0.15) is 11.8 Å². The Balaban J connectivity index is 1.68. The monoisotopic (exact) mass is 263 g/mol. The second-order valence-corrected chi connectivity index (χ2v) is 6.64. The molecule has 0 aromatic heterocycles. The minimum atomic E-state index is -0.0816. The molecule has 0 bridgehead atoms. The number of hydrogen-bond acceptors (Lipinski definition) is 3. The van der Waals surface area contributed by atoms with E-state index in [2.05, 4.69) is 24.3 Å². The van der Waals surface area contributed by atoms with Crippen molar-refractivity contribution in [1.82, 2.24) is 0 Å². The van der Waals surface area contributed by atoms with Gasteiger partial charge in [0.2, 0.25) is 0 Å². The Kier molecular flexibility index (Phi) is 3.53. The van der Waals surface area contributed by atoms with E-state index in [-0.39, 0.29) is 5.54 Å². The van der Waals surface area contributed by atoms with Gasteiger partial charge in [-0.05, 0) is 42.7 Å². The van der Waals surface area contributed by atoms with Gasteiger partial charge in [-0.15, -0.1) is 0 Å². The first-order valence-electron chi connectivity index (χ1n) is 6.90.